The maximum absolute atomic E-state index is 11.3. The Morgan fingerprint density at radius 2 is 1.92 bits per heavy atom. The first-order valence-electron chi connectivity index (χ1n) is 8.89. The predicted octanol–water partition coefficient (Wildman–Crippen LogP) is 3.96. The number of carbonyl (C=O) groups excluding carboxylic acids is 1. The quantitative estimate of drug-likeness (QED) is 0.539. The van der Waals surface area contributed by atoms with E-state index in [0.29, 0.717) is 38.2 Å². The van der Waals surface area contributed by atoms with E-state index in [1.54, 1.807) is 0 Å². The highest BCUT2D eigenvalue weighted by molar-refractivity contribution is 6.30. The third kappa shape index (κ3) is 7.20. The Balaban J connectivity index is 1.54. The summed E-state index contributed by atoms with van der Waals surface area (Å²) in [6.45, 7) is 4.62. The molecule has 134 valence electrons. The van der Waals surface area contributed by atoms with Crippen LogP contribution in [0.4, 0.5) is 0 Å². The lowest BCUT2D eigenvalue weighted by Crippen LogP contribution is -2.30. The number of benzene rings is 1. The Bertz CT molecular complexity index is 484. The van der Waals surface area contributed by atoms with Gasteiger partial charge in [-0.3, -0.25) is 4.79 Å². The molecule has 0 amide bonds. The Kier molecular flexibility index (Phi) is 8.57. The molecule has 24 heavy (non-hydrogen) atoms. The van der Waals surface area contributed by atoms with Gasteiger partial charge in [-0.2, -0.15) is 0 Å². The molecular weight excluding hydrogens is 326 g/mol. The second-order valence-corrected chi connectivity index (χ2v) is 6.78. The molecule has 0 aromatic heterocycles. The molecule has 0 heterocycles. The number of halogens is 1. The molecule has 5 heteroatoms. The Morgan fingerprint density at radius 1 is 1.21 bits per heavy atom. The molecule has 0 saturated heterocycles. The van der Waals surface area contributed by atoms with E-state index < -0.39 is 0 Å². The average molecular weight is 354 g/mol. The topological polar surface area (TPSA) is 47.6 Å². The average Bonchev–Trinajstić information content (AvgIpc) is 2.59. The van der Waals surface area contributed by atoms with Crippen LogP contribution in [0.3, 0.4) is 0 Å². The van der Waals surface area contributed by atoms with Gasteiger partial charge in [0, 0.05) is 11.6 Å². The van der Waals surface area contributed by atoms with Crippen molar-refractivity contribution >= 4 is 17.6 Å². The van der Waals surface area contributed by atoms with Crippen LogP contribution in [-0.2, 0) is 20.9 Å². The molecule has 1 saturated carbocycles. The minimum atomic E-state index is -0.121. The zero-order valence-corrected chi connectivity index (χ0v) is 15.2. The van der Waals surface area contributed by atoms with Gasteiger partial charge in [0.15, 0.2) is 0 Å². The lowest BCUT2D eigenvalue weighted by atomic mass is 9.87. The smallest absolute Gasteiger partial charge is 0.307 e. The Hall–Kier alpha value is -1.10. The van der Waals surface area contributed by atoms with Crippen molar-refractivity contribution in [3.05, 3.63) is 34.9 Å². The fourth-order valence-corrected chi connectivity index (χ4v) is 3.15. The summed E-state index contributed by atoms with van der Waals surface area (Å²) >= 11 is 5.89. The molecule has 1 aliphatic rings. The predicted molar refractivity (Wildman–Crippen MR) is 96.1 cm³/mol. The second-order valence-electron chi connectivity index (χ2n) is 6.34. The summed E-state index contributed by atoms with van der Waals surface area (Å²) < 4.78 is 10.9. The third-order valence-electron chi connectivity index (χ3n) is 4.44. The standard InChI is InChI=1S/C19H28ClNO3/c1-2-23-19(22)11-12-21-13-15-5-9-18(10-6-15)24-14-16-3-7-17(20)8-4-16/h3-4,7-8,15,18,21H,2,5-6,9-14H2,1H3. The van der Waals surface area contributed by atoms with Gasteiger partial charge in [-0.1, -0.05) is 23.7 Å². The summed E-state index contributed by atoms with van der Waals surface area (Å²) in [5.41, 5.74) is 1.17. The van der Waals surface area contributed by atoms with Gasteiger partial charge in [0.25, 0.3) is 0 Å². The highest BCUT2D eigenvalue weighted by atomic mass is 35.5. The van der Waals surface area contributed by atoms with Gasteiger partial charge in [-0.15, -0.1) is 0 Å². The van der Waals surface area contributed by atoms with Crippen LogP contribution < -0.4 is 5.32 Å². The first-order chi connectivity index (χ1) is 11.7. The van der Waals surface area contributed by atoms with Crippen molar-refractivity contribution in [1.82, 2.24) is 5.32 Å². The first-order valence-corrected chi connectivity index (χ1v) is 9.27. The molecule has 1 aromatic carbocycles. The van der Waals surface area contributed by atoms with Gasteiger partial charge in [0.2, 0.25) is 0 Å². The minimum absolute atomic E-state index is 0.121. The van der Waals surface area contributed by atoms with Crippen molar-refractivity contribution in [2.45, 2.75) is 51.7 Å². The summed E-state index contributed by atoms with van der Waals surface area (Å²) in [6, 6.07) is 7.83. The van der Waals surface area contributed by atoms with Gasteiger partial charge in [0.1, 0.15) is 0 Å². The fraction of sp³-hybridized carbons (Fsp3) is 0.632. The van der Waals surface area contributed by atoms with E-state index in [1.165, 1.54) is 18.4 Å². The van der Waals surface area contributed by atoms with Crippen LogP contribution in [0.15, 0.2) is 24.3 Å². The molecule has 2 rings (SSSR count). The Morgan fingerprint density at radius 3 is 2.58 bits per heavy atom. The molecule has 1 aromatic rings. The van der Waals surface area contributed by atoms with E-state index in [9.17, 15) is 4.79 Å². The number of esters is 1. The zero-order valence-electron chi connectivity index (χ0n) is 14.4. The third-order valence-corrected chi connectivity index (χ3v) is 4.69. The molecule has 0 aliphatic heterocycles. The Labute approximate surface area is 149 Å². The summed E-state index contributed by atoms with van der Waals surface area (Å²) in [5.74, 6) is 0.562. The molecule has 0 spiro atoms. The van der Waals surface area contributed by atoms with E-state index in [2.05, 4.69) is 5.32 Å². The van der Waals surface area contributed by atoms with Gasteiger partial charge in [0.05, 0.1) is 25.7 Å². The van der Waals surface area contributed by atoms with Crippen molar-refractivity contribution in [2.24, 2.45) is 5.92 Å². The minimum Gasteiger partial charge on any atom is -0.466 e. The zero-order chi connectivity index (χ0) is 17.2. The fourth-order valence-electron chi connectivity index (χ4n) is 3.03. The van der Waals surface area contributed by atoms with Crippen LogP contribution in [-0.4, -0.2) is 31.8 Å². The van der Waals surface area contributed by atoms with Crippen molar-refractivity contribution in [2.75, 3.05) is 19.7 Å². The van der Waals surface area contributed by atoms with Gasteiger partial charge >= 0.3 is 5.97 Å². The molecule has 1 N–H and O–H groups in total. The maximum atomic E-state index is 11.3. The van der Waals surface area contributed by atoms with Crippen LogP contribution in [0.2, 0.25) is 5.02 Å². The lowest BCUT2D eigenvalue weighted by molar-refractivity contribution is -0.142. The van der Waals surface area contributed by atoms with Gasteiger partial charge in [-0.25, -0.2) is 0 Å². The molecular formula is C19H28ClNO3. The number of carbonyl (C=O) groups is 1. The lowest BCUT2D eigenvalue weighted by Gasteiger charge is -2.28. The summed E-state index contributed by atoms with van der Waals surface area (Å²) in [6.07, 6.45) is 5.38. The molecule has 0 bridgehead atoms. The number of nitrogens with one attached hydrogen (secondary N) is 1. The van der Waals surface area contributed by atoms with Crippen molar-refractivity contribution in [3.63, 3.8) is 0 Å². The number of rotatable bonds is 9. The molecule has 0 unspecified atom stereocenters. The first kappa shape index (κ1) is 19.2. The van der Waals surface area contributed by atoms with E-state index in [1.807, 2.05) is 31.2 Å². The number of hydrogen-bond acceptors (Lipinski definition) is 4. The van der Waals surface area contributed by atoms with Crippen molar-refractivity contribution < 1.29 is 14.3 Å². The van der Waals surface area contributed by atoms with Gasteiger partial charge < -0.3 is 14.8 Å². The van der Waals surface area contributed by atoms with Crippen LogP contribution >= 0.6 is 11.6 Å². The van der Waals surface area contributed by atoms with Gasteiger partial charge in [-0.05, 0) is 62.8 Å². The number of ether oxygens (including phenoxy) is 2. The van der Waals surface area contributed by atoms with E-state index in [4.69, 9.17) is 21.1 Å². The number of hydrogen-bond donors (Lipinski definition) is 1. The molecule has 0 atom stereocenters. The highest BCUT2D eigenvalue weighted by Crippen LogP contribution is 2.26. The SMILES string of the molecule is CCOC(=O)CCNCC1CCC(OCc2ccc(Cl)cc2)CC1. The van der Waals surface area contributed by atoms with E-state index >= 15 is 0 Å². The molecule has 0 radical (unpaired) electrons. The van der Waals surface area contributed by atoms with Crippen LogP contribution in [0.1, 0.15) is 44.6 Å². The van der Waals surface area contributed by atoms with Crippen LogP contribution in [0, 0.1) is 5.92 Å². The largest absolute Gasteiger partial charge is 0.466 e. The van der Waals surface area contributed by atoms with Crippen LogP contribution in [0.25, 0.3) is 0 Å². The highest BCUT2D eigenvalue weighted by Gasteiger charge is 2.21. The second kappa shape index (κ2) is 10.7. The molecule has 4 nitrogen and oxygen atoms in total. The van der Waals surface area contributed by atoms with Crippen molar-refractivity contribution in [1.29, 1.82) is 0 Å². The monoisotopic (exact) mass is 353 g/mol. The normalized spacial score (nSPS) is 20.8. The van der Waals surface area contributed by atoms with E-state index in [-0.39, 0.29) is 5.97 Å². The summed E-state index contributed by atoms with van der Waals surface area (Å²) in [7, 11) is 0. The van der Waals surface area contributed by atoms with E-state index in [0.717, 1.165) is 24.4 Å². The summed E-state index contributed by atoms with van der Waals surface area (Å²) in [4.78, 5) is 11.3. The maximum Gasteiger partial charge on any atom is 0.307 e. The molecule has 1 fully saturated rings. The van der Waals surface area contributed by atoms with Crippen LogP contribution in [0.5, 0.6) is 0 Å². The van der Waals surface area contributed by atoms with Crippen molar-refractivity contribution in [3.8, 4) is 0 Å². The summed E-state index contributed by atoms with van der Waals surface area (Å²) in [5, 5.41) is 4.13. The molecule has 1 aliphatic carbocycles.